The third kappa shape index (κ3) is 5.81. The number of anilines is 1. The van der Waals surface area contributed by atoms with Gasteiger partial charge >= 0.3 is 0 Å². The van der Waals surface area contributed by atoms with Gasteiger partial charge in [-0.25, -0.2) is 14.2 Å². The number of rotatable bonds is 10. The normalized spacial score (nSPS) is 10.6. The summed E-state index contributed by atoms with van der Waals surface area (Å²) in [6, 6.07) is 11.7. The van der Waals surface area contributed by atoms with E-state index in [1.807, 2.05) is 30.3 Å². The average molecular weight is 334 g/mol. The third-order valence-corrected chi connectivity index (χ3v) is 3.61. The van der Waals surface area contributed by atoms with E-state index in [4.69, 9.17) is 4.74 Å². The molecule has 0 atom stereocenters. The molecule has 130 valence electrons. The summed E-state index contributed by atoms with van der Waals surface area (Å²) in [5, 5.41) is 0. The van der Waals surface area contributed by atoms with Crippen LogP contribution in [0.15, 0.2) is 42.5 Å². The van der Waals surface area contributed by atoms with Crippen LogP contribution in [0.1, 0.15) is 38.2 Å². The van der Waals surface area contributed by atoms with Gasteiger partial charge in [0.15, 0.2) is 11.6 Å². The van der Waals surface area contributed by atoms with Crippen LogP contribution >= 0.6 is 0 Å². The van der Waals surface area contributed by atoms with Gasteiger partial charge in [-0.2, -0.15) is 0 Å². The van der Waals surface area contributed by atoms with Gasteiger partial charge in [-0.1, -0.05) is 44.4 Å². The summed E-state index contributed by atoms with van der Waals surface area (Å²) in [5.74, 6) is -1.15. The Bertz CT molecular complexity index is 620. The van der Waals surface area contributed by atoms with Crippen molar-refractivity contribution in [3.05, 3.63) is 59.7 Å². The molecule has 2 N–H and O–H groups in total. The van der Waals surface area contributed by atoms with Crippen LogP contribution in [0.4, 0.5) is 14.5 Å². The van der Waals surface area contributed by atoms with Crippen molar-refractivity contribution in [2.24, 2.45) is 0 Å². The molecule has 0 bridgehead atoms. The van der Waals surface area contributed by atoms with Gasteiger partial charge in [0.1, 0.15) is 5.82 Å². The minimum atomic E-state index is -0.665. The summed E-state index contributed by atoms with van der Waals surface area (Å²) < 4.78 is 33.1. The zero-order chi connectivity index (χ0) is 17.2. The van der Waals surface area contributed by atoms with Gasteiger partial charge in [-0.05, 0) is 24.6 Å². The van der Waals surface area contributed by atoms with E-state index < -0.39 is 11.6 Å². The lowest BCUT2D eigenvalue weighted by Crippen LogP contribution is -2.21. The van der Waals surface area contributed by atoms with Gasteiger partial charge in [-0.3, -0.25) is 0 Å². The van der Waals surface area contributed by atoms with Gasteiger partial charge in [0, 0.05) is 23.9 Å². The van der Waals surface area contributed by atoms with E-state index in [0.717, 1.165) is 37.4 Å². The Kier molecular flexibility index (Phi) is 7.49. The van der Waals surface area contributed by atoms with Crippen molar-refractivity contribution >= 4 is 5.69 Å². The summed E-state index contributed by atoms with van der Waals surface area (Å²) in [5.41, 5.74) is 7.28. The highest BCUT2D eigenvalue weighted by molar-refractivity contribution is 5.42. The molecule has 0 fully saturated rings. The van der Waals surface area contributed by atoms with Gasteiger partial charge in [-0.15, -0.1) is 0 Å². The number of hydrogen-bond donors (Lipinski definition) is 2. The van der Waals surface area contributed by atoms with Crippen molar-refractivity contribution in [3.8, 4) is 5.75 Å². The molecular weight excluding hydrogens is 310 g/mol. The van der Waals surface area contributed by atoms with Crippen LogP contribution in [0.2, 0.25) is 0 Å². The number of hydrazine groups is 1. The number of benzene rings is 2. The van der Waals surface area contributed by atoms with E-state index >= 15 is 0 Å². The molecule has 5 heteroatoms. The molecule has 0 aliphatic rings. The maximum Gasteiger partial charge on any atom is 0.168 e. The van der Waals surface area contributed by atoms with Crippen molar-refractivity contribution in [2.45, 2.75) is 39.2 Å². The molecule has 3 nitrogen and oxygen atoms in total. The highest BCUT2D eigenvalue weighted by Gasteiger charge is 2.12. The van der Waals surface area contributed by atoms with Crippen LogP contribution in [-0.2, 0) is 6.54 Å². The van der Waals surface area contributed by atoms with E-state index in [2.05, 4.69) is 17.8 Å². The van der Waals surface area contributed by atoms with Crippen molar-refractivity contribution < 1.29 is 13.5 Å². The molecule has 0 spiro atoms. The second-order valence-corrected chi connectivity index (χ2v) is 5.63. The summed E-state index contributed by atoms with van der Waals surface area (Å²) in [4.78, 5) is 0. The van der Waals surface area contributed by atoms with Gasteiger partial charge < -0.3 is 10.2 Å². The van der Waals surface area contributed by atoms with E-state index in [-0.39, 0.29) is 12.3 Å². The molecule has 0 amide bonds. The Labute approximate surface area is 142 Å². The average Bonchev–Trinajstić information content (AvgIpc) is 2.57. The Morgan fingerprint density at radius 1 is 1.00 bits per heavy atom. The van der Waals surface area contributed by atoms with Gasteiger partial charge in [0.2, 0.25) is 0 Å². The quantitative estimate of drug-likeness (QED) is 0.472. The Morgan fingerprint density at radius 2 is 1.79 bits per heavy atom. The first kappa shape index (κ1) is 18.2. The molecule has 0 aliphatic heterocycles. The lowest BCUT2D eigenvalue weighted by atomic mass is 10.2. The predicted molar refractivity (Wildman–Crippen MR) is 92.9 cm³/mol. The summed E-state index contributed by atoms with van der Waals surface area (Å²) >= 11 is 0. The summed E-state index contributed by atoms with van der Waals surface area (Å²) in [6.07, 6.45) is 4.16. The SMILES string of the molecule is CCCCCCOc1c(F)cc(F)cc1CNNc1ccccc1. The maximum atomic E-state index is 14.0. The molecule has 0 unspecified atom stereocenters. The van der Waals surface area contributed by atoms with Crippen molar-refractivity contribution in [3.63, 3.8) is 0 Å². The molecule has 0 radical (unpaired) electrons. The van der Waals surface area contributed by atoms with E-state index in [1.165, 1.54) is 6.07 Å². The molecular formula is C19H24F2N2O. The number of halogens is 2. The van der Waals surface area contributed by atoms with Crippen molar-refractivity contribution in [2.75, 3.05) is 12.0 Å². The fourth-order valence-corrected chi connectivity index (χ4v) is 2.37. The molecule has 2 aromatic carbocycles. The Balaban J connectivity index is 1.94. The number of unbranched alkanes of at least 4 members (excludes halogenated alkanes) is 3. The first-order chi connectivity index (χ1) is 11.7. The lowest BCUT2D eigenvalue weighted by Gasteiger charge is -2.14. The van der Waals surface area contributed by atoms with Crippen LogP contribution in [0.3, 0.4) is 0 Å². The summed E-state index contributed by atoms with van der Waals surface area (Å²) in [7, 11) is 0. The number of ether oxygens (including phenoxy) is 1. The van der Waals surface area contributed by atoms with Crippen LogP contribution in [0, 0.1) is 11.6 Å². The van der Waals surface area contributed by atoms with Crippen LogP contribution < -0.4 is 15.6 Å². The predicted octanol–water partition coefficient (Wildman–Crippen LogP) is 5.04. The van der Waals surface area contributed by atoms with Crippen LogP contribution in [0.25, 0.3) is 0 Å². The molecule has 0 heterocycles. The second-order valence-electron chi connectivity index (χ2n) is 5.63. The monoisotopic (exact) mass is 334 g/mol. The highest BCUT2D eigenvalue weighted by atomic mass is 19.1. The fraction of sp³-hybridized carbons (Fsp3) is 0.368. The van der Waals surface area contributed by atoms with Crippen molar-refractivity contribution in [1.29, 1.82) is 0 Å². The molecule has 0 aromatic heterocycles. The molecule has 0 aliphatic carbocycles. The summed E-state index contributed by atoms with van der Waals surface area (Å²) in [6.45, 7) is 2.81. The molecule has 2 aromatic rings. The smallest absolute Gasteiger partial charge is 0.168 e. The Morgan fingerprint density at radius 3 is 2.54 bits per heavy atom. The fourth-order valence-electron chi connectivity index (χ4n) is 2.37. The first-order valence-corrected chi connectivity index (χ1v) is 8.35. The number of hydrogen-bond acceptors (Lipinski definition) is 3. The lowest BCUT2D eigenvalue weighted by molar-refractivity contribution is 0.286. The van der Waals surface area contributed by atoms with Gasteiger partial charge in [0.05, 0.1) is 6.61 Å². The molecule has 2 rings (SSSR count). The minimum absolute atomic E-state index is 0.121. The molecule has 0 saturated carbocycles. The van der Waals surface area contributed by atoms with E-state index in [1.54, 1.807) is 0 Å². The van der Waals surface area contributed by atoms with E-state index in [9.17, 15) is 8.78 Å². The van der Waals surface area contributed by atoms with Gasteiger partial charge in [0.25, 0.3) is 0 Å². The third-order valence-electron chi connectivity index (χ3n) is 3.61. The largest absolute Gasteiger partial charge is 0.490 e. The van der Waals surface area contributed by atoms with Crippen LogP contribution in [-0.4, -0.2) is 6.61 Å². The zero-order valence-electron chi connectivity index (χ0n) is 13.9. The Hall–Kier alpha value is -2.14. The second kappa shape index (κ2) is 9.88. The first-order valence-electron chi connectivity index (χ1n) is 8.35. The number of para-hydroxylation sites is 1. The zero-order valence-corrected chi connectivity index (χ0v) is 13.9. The van der Waals surface area contributed by atoms with Crippen molar-refractivity contribution in [1.82, 2.24) is 5.43 Å². The maximum absolute atomic E-state index is 14.0. The van der Waals surface area contributed by atoms with E-state index in [0.29, 0.717) is 12.2 Å². The topological polar surface area (TPSA) is 33.3 Å². The highest BCUT2D eigenvalue weighted by Crippen LogP contribution is 2.25. The molecule has 24 heavy (non-hydrogen) atoms. The minimum Gasteiger partial charge on any atom is -0.490 e. The standard InChI is InChI=1S/C19H24F2N2O/c1-2-3-4-8-11-24-19-15(12-16(20)13-18(19)21)14-22-23-17-9-6-5-7-10-17/h5-7,9-10,12-13,22-23H,2-4,8,11,14H2,1H3. The van der Waals surface area contributed by atoms with Crippen LogP contribution in [0.5, 0.6) is 5.75 Å². The number of nitrogens with one attached hydrogen (secondary N) is 2. The molecule has 0 saturated heterocycles.